The van der Waals surface area contributed by atoms with Gasteiger partial charge in [-0.1, -0.05) is 6.07 Å². The van der Waals surface area contributed by atoms with Gasteiger partial charge in [-0.05, 0) is 36.4 Å². The Morgan fingerprint density at radius 3 is 2.38 bits per heavy atom. The molecule has 0 atom stereocenters. The highest BCUT2D eigenvalue weighted by molar-refractivity contribution is 6.04. The zero-order valence-corrected chi connectivity index (χ0v) is 17.6. The number of halogens is 4. The first-order valence-corrected chi connectivity index (χ1v) is 9.58. The van der Waals surface area contributed by atoms with Gasteiger partial charge in [0.1, 0.15) is 17.1 Å². The van der Waals surface area contributed by atoms with Gasteiger partial charge in [-0.15, -0.1) is 17.5 Å². The smallest absolute Gasteiger partial charge is 0.380 e. The maximum absolute atomic E-state index is 12.8. The van der Waals surface area contributed by atoms with Gasteiger partial charge in [-0.2, -0.15) is 13.2 Å². The van der Waals surface area contributed by atoms with Crippen LogP contribution in [-0.4, -0.2) is 46.9 Å². The number of hydrogen-bond acceptors (Lipinski definition) is 6. The van der Waals surface area contributed by atoms with Gasteiger partial charge < -0.3 is 21.3 Å². The second-order valence-corrected chi connectivity index (χ2v) is 6.99. The lowest BCUT2D eigenvalue weighted by atomic mass is 10.2. The van der Waals surface area contributed by atoms with Gasteiger partial charge in [0.15, 0.2) is 5.82 Å². The van der Waals surface area contributed by atoms with Crippen molar-refractivity contribution in [1.29, 1.82) is 0 Å². The van der Waals surface area contributed by atoms with Crippen LogP contribution in [0.25, 0.3) is 5.69 Å². The van der Waals surface area contributed by atoms with Crippen molar-refractivity contribution in [2.24, 2.45) is 0 Å². The quantitative estimate of drug-likeness (QED) is 0.545. The van der Waals surface area contributed by atoms with Crippen LogP contribution < -0.4 is 21.3 Å². The number of rotatable bonds is 4. The van der Waals surface area contributed by atoms with Crippen molar-refractivity contribution in [3.05, 3.63) is 60.0 Å². The summed E-state index contributed by atoms with van der Waals surface area (Å²) in [5.41, 5.74) is 6.36. The zero-order chi connectivity index (χ0) is 22.0. The Labute approximate surface area is 188 Å². The average molecular weight is 468 g/mol. The molecule has 1 amide bonds. The lowest BCUT2D eigenvalue weighted by Crippen LogP contribution is -2.43. The summed E-state index contributed by atoms with van der Waals surface area (Å²) in [5, 5.41) is 9.95. The van der Waals surface area contributed by atoms with E-state index < -0.39 is 17.8 Å². The second-order valence-electron chi connectivity index (χ2n) is 6.99. The standard InChI is InChI=1S/C20H20F3N7O.ClH/c21-20(22,23)17-3-1-2-15(26-17)19(31)27-16-12-30(28-18(16)24)14-6-4-13(5-7-14)29-10-8-25-9-11-29;/h1-7,12,25H,8-11H2,(H2,24,28)(H,27,31);1H. The molecular weight excluding hydrogens is 447 g/mol. The number of carbonyl (C=O) groups excluding carboxylic acids is 1. The minimum absolute atomic E-state index is 0. The predicted octanol–water partition coefficient (Wildman–Crippen LogP) is 2.95. The van der Waals surface area contributed by atoms with E-state index in [1.807, 2.05) is 24.3 Å². The number of nitrogen functional groups attached to an aromatic ring is 1. The fourth-order valence-corrected chi connectivity index (χ4v) is 3.26. The summed E-state index contributed by atoms with van der Waals surface area (Å²) in [6.07, 6.45) is -3.14. The fraction of sp³-hybridized carbons (Fsp3) is 0.250. The summed E-state index contributed by atoms with van der Waals surface area (Å²) < 4.78 is 40.0. The first-order valence-electron chi connectivity index (χ1n) is 9.58. The molecule has 0 spiro atoms. The molecule has 1 aliphatic rings. The summed E-state index contributed by atoms with van der Waals surface area (Å²) in [6, 6.07) is 10.8. The third kappa shape index (κ3) is 5.11. The lowest BCUT2D eigenvalue weighted by Gasteiger charge is -2.29. The Bertz CT molecular complexity index is 1080. The van der Waals surface area contributed by atoms with Gasteiger partial charge in [0.2, 0.25) is 0 Å². The number of aromatic nitrogens is 3. The van der Waals surface area contributed by atoms with Crippen molar-refractivity contribution >= 4 is 35.5 Å². The molecule has 3 heterocycles. The molecule has 170 valence electrons. The number of piperazine rings is 1. The highest BCUT2D eigenvalue weighted by Crippen LogP contribution is 2.28. The van der Waals surface area contributed by atoms with E-state index in [9.17, 15) is 18.0 Å². The summed E-state index contributed by atoms with van der Waals surface area (Å²) in [6.45, 7) is 3.71. The molecule has 0 radical (unpaired) electrons. The molecule has 1 aliphatic heterocycles. The van der Waals surface area contributed by atoms with Crippen LogP contribution in [0.4, 0.5) is 30.4 Å². The van der Waals surface area contributed by atoms with Crippen LogP contribution in [0.3, 0.4) is 0 Å². The van der Waals surface area contributed by atoms with Gasteiger partial charge >= 0.3 is 6.18 Å². The molecule has 8 nitrogen and oxygen atoms in total. The van der Waals surface area contributed by atoms with Crippen LogP contribution >= 0.6 is 12.4 Å². The van der Waals surface area contributed by atoms with Gasteiger partial charge in [-0.25, -0.2) is 9.67 Å². The number of amides is 1. The van der Waals surface area contributed by atoms with Crippen LogP contribution in [0, 0.1) is 0 Å². The number of nitrogens with two attached hydrogens (primary N) is 1. The highest BCUT2D eigenvalue weighted by atomic mass is 35.5. The fourth-order valence-electron chi connectivity index (χ4n) is 3.26. The minimum Gasteiger partial charge on any atom is -0.380 e. The van der Waals surface area contributed by atoms with Crippen LogP contribution in [-0.2, 0) is 6.18 Å². The molecular formula is C20H21ClF3N7O. The molecule has 32 heavy (non-hydrogen) atoms. The first-order chi connectivity index (χ1) is 14.8. The first kappa shape index (κ1) is 23.4. The Morgan fingerprint density at radius 2 is 1.72 bits per heavy atom. The van der Waals surface area contributed by atoms with Crippen molar-refractivity contribution in [3.8, 4) is 5.69 Å². The molecule has 0 aliphatic carbocycles. The van der Waals surface area contributed by atoms with Crippen molar-refractivity contribution in [1.82, 2.24) is 20.1 Å². The number of pyridine rings is 1. The summed E-state index contributed by atoms with van der Waals surface area (Å²) in [7, 11) is 0. The Hall–Kier alpha value is -3.31. The predicted molar refractivity (Wildman–Crippen MR) is 117 cm³/mol. The number of carbonyl (C=O) groups is 1. The molecule has 2 aromatic heterocycles. The number of benzene rings is 1. The second kappa shape index (κ2) is 9.45. The van der Waals surface area contributed by atoms with Crippen LogP contribution in [0.2, 0.25) is 0 Å². The third-order valence-corrected chi connectivity index (χ3v) is 4.86. The SMILES string of the molecule is Cl.Nc1nn(-c2ccc(N3CCNCC3)cc2)cc1NC(=O)c1cccc(C(F)(F)F)n1. The molecule has 3 aromatic rings. The molecule has 1 saturated heterocycles. The minimum atomic E-state index is -4.64. The van der Waals surface area contributed by atoms with E-state index in [4.69, 9.17) is 5.73 Å². The van der Waals surface area contributed by atoms with E-state index in [1.54, 1.807) is 0 Å². The molecule has 4 rings (SSSR count). The molecule has 1 fully saturated rings. The van der Waals surface area contributed by atoms with Crippen LogP contribution in [0.5, 0.6) is 0 Å². The summed E-state index contributed by atoms with van der Waals surface area (Å²) in [5.74, 6) is -0.780. The zero-order valence-electron chi connectivity index (χ0n) is 16.8. The van der Waals surface area contributed by atoms with Crippen LogP contribution in [0.1, 0.15) is 16.2 Å². The Morgan fingerprint density at radius 1 is 1.06 bits per heavy atom. The molecule has 0 unspecified atom stereocenters. The Kier molecular flexibility index (Phi) is 6.90. The topological polar surface area (TPSA) is 101 Å². The summed E-state index contributed by atoms with van der Waals surface area (Å²) in [4.78, 5) is 18.0. The molecule has 0 saturated carbocycles. The number of alkyl halides is 3. The van der Waals surface area contributed by atoms with Crippen molar-refractivity contribution in [2.45, 2.75) is 6.18 Å². The van der Waals surface area contributed by atoms with E-state index in [0.29, 0.717) is 0 Å². The van der Waals surface area contributed by atoms with Crippen molar-refractivity contribution in [2.75, 3.05) is 42.1 Å². The van der Waals surface area contributed by atoms with E-state index in [0.717, 1.165) is 49.7 Å². The maximum atomic E-state index is 12.8. The molecule has 0 bridgehead atoms. The molecule has 1 aromatic carbocycles. The maximum Gasteiger partial charge on any atom is 0.433 e. The highest BCUT2D eigenvalue weighted by Gasteiger charge is 2.33. The monoisotopic (exact) mass is 467 g/mol. The number of nitrogens with zero attached hydrogens (tertiary/aromatic N) is 4. The largest absolute Gasteiger partial charge is 0.433 e. The molecule has 4 N–H and O–H groups in total. The van der Waals surface area contributed by atoms with Crippen molar-refractivity contribution < 1.29 is 18.0 Å². The lowest BCUT2D eigenvalue weighted by molar-refractivity contribution is -0.141. The number of hydrogen-bond donors (Lipinski definition) is 3. The van der Waals surface area contributed by atoms with E-state index >= 15 is 0 Å². The summed E-state index contributed by atoms with van der Waals surface area (Å²) >= 11 is 0. The van der Waals surface area contributed by atoms with E-state index in [2.05, 4.69) is 25.6 Å². The van der Waals surface area contributed by atoms with Gasteiger partial charge in [-0.3, -0.25) is 4.79 Å². The molecule has 12 heteroatoms. The number of anilines is 3. The Balaban J connectivity index is 0.00000289. The van der Waals surface area contributed by atoms with Crippen molar-refractivity contribution in [3.63, 3.8) is 0 Å². The third-order valence-electron chi connectivity index (χ3n) is 4.86. The number of nitrogens with one attached hydrogen (secondary N) is 2. The van der Waals surface area contributed by atoms with Gasteiger partial charge in [0, 0.05) is 31.9 Å². The van der Waals surface area contributed by atoms with E-state index in [-0.39, 0.29) is 29.6 Å². The average Bonchev–Trinajstić information content (AvgIpc) is 3.14. The van der Waals surface area contributed by atoms with Gasteiger partial charge in [0.25, 0.3) is 5.91 Å². The normalized spacial score (nSPS) is 14.0. The van der Waals surface area contributed by atoms with Gasteiger partial charge in [0.05, 0.1) is 11.9 Å². The van der Waals surface area contributed by atoms with E-state index in [1.165, 1.54) is 16.9 Å². The van der Waals surface area contributed by atoms with Crippen LogP contribution in [0.15, 0.2) is 48.7 Å².